The number of nitrogens with zero attached hydrogens (tertiary/aromatic N) is 2. The Morgan fingerprint density at radius 3 is 2.47 bits per heavy atom. The number of rotatable bonds is 5. The minimum absolute atomic E-state index is 0.0148. The van der Waals surface area contributed by atoms with Crippen LogP contribution in [0.15, 0.2) is 47.2 Å². The van der Waals surface area contributed by atoms with Gasteiger partial charge in [0, 0.05) is 43.0 Å². The van der Waals surface area contributed by atoms with Crippen molar-refractivity contribution in [2.45, 2.75) is 44.2 Å². The second-order valence-electron chi connectivity index (χ2n) is 7.94. The summed E-state index contributed by atoms with van der Waals surface area (Å²) in [6.45, 7) is 1.79. The van der Waals surface area contributed by atoms with Crippen LogP contribution in [0, 0.1) is 0 Å². The Bertz CT molecular complexity index is 876. The van der Waals surface area contributed by atoms with Crippen LogP contribution in [-0.2, 0) is 9.59 Å². The molecule has 6 nitrogen and oxygen atoms in total. The molecule has 1 aromatic heterocycles. The van der Waals surface area contributed by atoms with Gasteiger partial charge in [-0.3, -0.25) is 14.4 Å². The molecule has 4 rings (SSSR count). The van der Waals surface area contributed by atoms with Gasteiger partial charge in [-0.15, -0.1) is 0 Å². The minimum atomic E-state index is -0.559. The Labute approximate surface area is 180 Å². The third kappa shape index (κ3) is 4.56. The summed E-state index contributed by atoms with van der Waals surface area (Å²) in [6.07, 6.45) is 3.76. The van der Waals surface area contributed by atoms with Crippen molar-refractivity contribution in [2.24, 2.45) is 0 Å². The van der Waals surface area contributed by atoms with E-state index in [1.54, 1.807) is 4.90 Å². The highest BCUT2D eigenvalue weighted by Crippen LogP contribution is 2.28. The summed E-state index contributed by atoms with van der Waals surface area (Å²) in [7, 11) is 0. The number of amides is 3. The smallest absolute Gasteiger partial charge is 0.252 e. The Balaban J connectivity index is 1.42. The van der Waals surface area contributed by atoms with Gasteiger partial charge in [-0.25, -0.2) is 0 Å². The highest BCUT2D eigenvalue weighted by atomic mass is 32.1. The van der Waals surface area contributed by atoms with Crippen molar-refractivity contribution in [2.75, 3.05) is 19.6 Å². The molecule has 2 aromatic rings. The van der Waals surface area contributed by atoms with E-state index in [2.05, 4.69) is 5.32 Å². The van der Waals surface area contributed by atoms with Crippen molar-refractivity contribution in [1.29, 1.82) is 0 Å². The monoisotopic (exact) mass is 425 g/mol. The zero-order chi connectivity index (χ0) is 20.9. The van der Waals surface area contributed by atoms with Gasteiger partial charge >= 0.3 is 0 Å². The van der Waals surface area contributed by atoms with Gasteiger partial charge in [0.1, 0.15) is 6.04 Å². The van der Waals surface area contributed by atoms with Crippen LogP contribution < -0.4 is 5.32 Å². The Kier molecular flexibility index (Phi) is 6.47. The van der Waals surface area contributed by atoms with E-state index in [4.69, 9.17) is 0 Å². The Hall–Kier alpha value is -2.67. The fourth-order valence-electron chi connectivity index (χ4n) is 4.27. The van der Waals surface area contributed by atoms with Crippen LogP contribution in [0.4, 0.5) is 0 Å². The number of benzene rings is 1. The molecule has 1 atom stereocenters. The summed E-state index contributed by atoms with van der Waals surface area (Å²) >= 11 is 1.50. The number of hydrogen-bond donors (Lipinski definition) is 1. The molecule has 2 fully saturated rings. The molecule has 2 saturated heterocycles. The normalized spacial score (nSPS) is 18.9. The topological polar surface area (TPSA) is 69.7 Å². The first kappa shape index (κ1) is 20.6. The van der Waals surface area contributed by atoms with Crippen LogP contribution in [0.2, 0.25) is 0 Å². The van der Waals surface area contributed by atoms with E-state index >= 15 is 0 Å². The average Bonchev–Trinajstić information content (AvgIpc) is 3.32. The lowest BCUT2D eigenvalue weighted by Gasteiger charge is -2.39. The largest absolute Gasteiger partial charge is 0.349 e. The molecule has 0 bridgehead atoms. The van der Waals surface area contributed by atoms with E-state index in [1.165, 1.54) is 11.3 Å². The molecule has 3 amide bonds. The van der Waals surface area contributed by atoms with E-state index in [0.717, 1.165) is 31.2 Å². The van der Waals surface area contributed by atoms with E-state index in [-0.39, 0.29) is 23.8 Å². The first-order valence-electron chi connectivity index (χ1n) is 10.6. The molecule has 0 spiro atoms. The van der Waals surface area contributed by atoms with Gasteiger partial charge in [-0.1, -0.05) is 30.3 Å². The summed E-state index contributed by atoms with van der Waals surface area (Å²) in [6, 6.07) is 10.9. The number of hydrogen-bond acceptors (Lipinski definition) is 4. The van der Waals surface area contributed by atoms with Crippen LogP contribution >= 0.6 is 11.3 Å². The molecular formula is C23H27N3O3S. The third-order valence-electron chi connectivity index (χ3n) is 5.95. The van der Waals surface area contributed by atoms with Crippen LogP contribution in [-0.4, -0.2) is 53.2 Å². The molecule has 7 heteroatoms. The fourth-order valence-corrected chi connectivity index (χ4v) is 4.91. The lowest BCUT2D eigenvalue weighted by atomic mass is 9.98. The summed E-state index contributed by atoms with van der Waals surface area (Å²) in [5, 5.41) is 6.81. The number of nitrogens with one attached hydrogen (secondary N) is 1. The predicted molar refractivity (Wildman–Crippen MR) is 116 cm³/mol. The molecule has 1 unspecified atom stereocenters. The lowest BCUT2D eigenvalue weighted by molar-refractivity contribution is -0.148. The molecule has 158 valence electrons. The maximum atomic E-state index is 13.5. The van der Waals surface area contributed by atoms with Crippen LogP contribution in [0.25, 0.3) is 0 Å². The van der Waals surface area contributed by atoms with Gasteiger partial charge in [-0.2, -0.15) is 11.3 Å². The van der Waals surface area contributed by atoms with Crippen molar-refractivity contribution in [3.05, 3.63) is 58.3 Å². The second kappa shape index (κ2) is 9.43. The van der Waals surface area contributed by atoms with Gasteiger partial charge in [0.05, 0.1) is 0 Å². The number of thiophene rings is 1. The van der Waals surface area contributed by atoms with Gasteiger partial charge in [-0.05, 0) is 42.7 Å². The standard InChI is InChI=1S/C23H27N3O3S/c27-20-8-4-5-12-26(20)21(17-6-2-1-3-7-17)23(29)25-13-9-19(10-14-25)24-22(28)18-11-15-30-16-18/h1-3,6-7,11,15-16,19,21H,4-5,8-10,12-14H2,(H,24,28). The number of likely N-dealkylation sites (tertiary alicyclic amines) is 2. The fraction of sp³-hybridized carbons (Fsp3) is 0.435. The maximum Gasteiger partial charge on any atom is 0.252 e. The number of carbonyl (C=O) groups is 3. The van der Waals surface area contributed by atoms with Crippen molar-refractivity contribution in [1.82, 2.24) is 15.1 Å². The molecule has 2 aliphatic heterocycles. The third-order valence-corrected chi connectivity index (χ3v) is 6.63. The molecule has 0 aliphatic carbocycles. The zero-order valence-electron chi connectivity index (χ0n) is 17.0. The molecule has 3 heterocycles. The summed E-state index contributed by atoms with van der Waals surface area (Å²) < 4.78 is 0. The quantitative estimate of drug-likeness (QED) is 0.800. The van der Waals surface area contributed by atoms with Crippen LogP contribution in [0.3, 0.4) is 0 Å². The first-order valence-corrected chi connectivity index (χ1v) is 11.5. The van der Waals surface area contributed by atoms with Crippen LogP contribution in [0.1, 0.15) is 54.1 Å². The first-order chi connectivity index (χ1) is 14.6. The zero-order valence-corrected chi connectivity index (χ0v) is 17.8. The van der Waals surface area contributed by atoms with E-state index < -0.39 is 6.04 Å². The molecule has 30 heavy (non-hydrogen) atoms. The van der Waals surface area contributed by atoms with Crippen molar-refractivity contribution < 1.29 is 14.4 Å². The van der Waals surface area contributed by atoms with E-state index in [0.29, 0.717) is 31.6 Å². The van der Waals surface area contributed by atoms with Gasteiger partial charge in [0.2, 0.25) is 11.8 Å². The lowest BCUT2D eigenvalue weighted by Crippen LogP contribution is -2.51. The minimum Gasteiger partial charge on any atom is -0.349 e. The summed E-state index contributed by atoms with van der Waals surface area (Å²) in [5.74, 6) is -0.0115. The van der Waals surface area contributed by atoms with Crippen LogP contribution in [0.5, 0.6) is 0 Å². The summed E-state index contributed by atoms with van der Waals surface area (Å²) in [5.41, 5.74) is 1.55. The van der Waals surface area contributed by atoms with Gasteiger partial charge in [0.25, 0.3) is 5.91 Å². The molecule has 1 N–H and O–H groups in total. The highest BCUT2D eigenvalue weighted by molar-refractivity contribution is 7.08. The number of piperidine rings is 2. The molecule has 0 radical (unpaired) electrons. The van der Waals surface area contributed by atoms with E-state index in [1.807, 2.05) is 52.1 Å². The molecular weight excluding hydrogens is 398 g/mol. The van der Waals surface area contributed by atoms with Crippen molar-refractivity contribution in [3.8, 4) is 0 Å². The average molecular weight is 426 g/mol. The Morgan fingerprint density at radius 1 is 1.03 bits per heavy atom. The number of carbonyl (C=O) groups excluding carboxylic acids is 3. The predicted octanol–water partition coefficient (Wildman–Crippen LogP) is 3.22. The highest BCUT2D eigenvalue weighted by Gasteiger charge is 2.36. The van der Waals surface area contributed by atoms with Gasteiger partial charge < -0.3 is 15.1 Å². The van der Waals surface area contributed by atoms with E-state index in [9.17, 15) is 14.4 Å². The Morgan fingerprint density at radius 2 is 1.80 bits per heavy atom. The van der Waals surface area contributed by atoms with Crippen molar-refractivity contribution >= 4 is 29.1 Å². The van der Waals surface area contributed by atoms with Gasteiger partial charge in [0.15, 0.2) is 0 Å². The summed E-state index contributed by atoms with van der Waals surface area (Å²) in [4.78, 5) is 42.0. The maximum absolute atomic E-state index is 13.5. The molecule has 1 aromatic carbocycles. The second-order valence-corrected chi connectivity index (χ2v) is 8.72. The SMILES string of the molecule is O=C(NC1CCN(C(=O)C(c2ccccc2)N2CCCCC2=O)CC1)c1ccsc1. The molecule has 2 aliphatic rings. The van der Waals surface area contributed by atoms with Crippen molar-refractivity contribution in [3.63, 3.8) is 0 Å². The molecule has 0 saturated carbocycles.